The molecule has 0 amide bonds. The van der Waals surface area contributed by atoms with Gasteiger partial charge in [0, 0.05) is 37.6 Å². The molecular formula is C19H39N2O5PS. The predicted octanol–water partition coefficient (Wildman–Crippen LogP) is 4.23. The van der Waals surface area contributed by atoms with Crippen LogP contribution in [0.25, 0.3) is 0 Å². The lowest BCUT2D eigenvalue weighted by molar-refractivity contribution is -0.152. The quantitative estimate of drug-likeness (QED) is 0.270. The SMILES string of the molecule is CCCOP(=O)(OC(C)(C)C)SCOC(=O)C(C)(C)CCN1CCN(C)CC1. The molecule has 0 saturated carbocycles. The first kappa shape index (κ1) is 25.9. The Morgan fingerprint density at radius 2 is 1.71 bits per heavy atom. The zero-order valence-corrected chi connectivity index (χ0v) is 20.4. The van der Waals surface area contributed by atoms with Gasteiger partial charge in [0.25, 0.3) is 0 Å². The maximum atomic E-state index is 12.9. The van der Waals surface area contributed by atoms with Crippen LogP contribution in [0.5, 0.6) is 0 Å². The topological polar surface area (TPSA) is 68.3 Å². The molecule has 1 aliphatic rings. The van der Waals surface area contributed by atoms with Gasteiger partial charge >= 0.3 is 12.8 Å². The molecule has 0 radical (unpaired) electrons. The second kappa shape index (κ2) is 11.3. The molecule has 1 saturated heterocycles. The molecule has 0 N–H and O–H groups in total. The summed E-state index contributed by atoms with van der Waals surface area (Å²) in [4.78, 5) is 17.2. The zero-order valence-electron chi connectivity index (χ0n) is 18.7. The van der Waals surface area contributed by atoms with Gasteiger partial charge in [-0.25, -0.2) is 4.57 Å². The molecule has 9 heteroatoms. The van der Waals surface area contributed by atoms with Crippen LogP contribution in [0, 0.1) is 5.41 Å². The largest absolute Gasteiger partial charge is 0.454 e. The lowest BCUT2D eigenvalue weighted by atomic mass is 9.89. The second-order valence-electron chi connectivity index (χ2n) is 8.94. The fourth-order valence-corrected chi connectivity index (χ4v) is 5.95. The summed E-state index contributed by atoms with van der Waals surface area (Å²) < 4.78 is 29.4. The average Bonchev–Trinajstić information content (AvgIpc) is 2.58. The Bertz CT molecular complexity index is 531. The summed E-state index contributed by atoms with van der Waals surface area (Å²) in [6, 6.07) is 0. The first-order valence-electron chi connectivity index (χ1n) is 10.0. The number of likely N-dealkylation sites (N-methyl/N-ethyl adjacent to an activating group) is 1. The third-order valence-electron chi connectivity index (χ3n) is 4.44. The highest BCUT2D eigenvalue weighted by Gasteiger charge is 2.34. The molecule has 7 nitrogen and oxygen atoms in total. The minimum Gasteiger partial charge on any atom is -0.454 e. The van der Waals surface area contributed by atoms with Crippen LogP contribution >= 0.6 is 18.2 Å². The Hall–Kier alpha value is -0.110. The number of carbonyl (C=O) groups excluding carboxylic acids is 1. The van der Waals surface area contributed by atoms with Crippen molar-refractivity contribution in [2.24, 2.45) is 5.41 Å². The molecule has 0 aliphatic carbocycles. The molecule has 1 atom stereocenters. The van der Waals surface area contributed by atoms with Crippen molar-refractivity contribution >= 4 is 24.1 Å². The van der Waals surface area contributed by atoms with Gasteiger partial charge in [-0.15, -0.1) is 0 Å². The lowest BCUT2D eigenvalue weighted by Gasteiger charge is -2.34. The monoisotopic (exact) mass is 438 g/mol. The van der Waals surface area contributed by atoms with Crippen molar-refractivity contribution in [2.45, 2.75) is 60.0 Å². The summed E-state index contributed by atoms with van der Waals surface area (Å²) in [5, 5.41) is 0. The molecule has 1 aliphatic heterocycles. The van der Waals surface area contributed by atoms with Gasteiger partial charge in [0.1, 0.15) is 5.94 Å². The number of piperazine rings is 1. The third kappa shape index (κ3) is 10.1. The van der Waals surface area contributed by atoms with Crippen molar-refractivity contribution in [3.05, 3.63) is 0 Å². The minimum absolute atomic E-state index is 0.0478. The van der Waals surface area contributed by atoms with Crippen molar-refractivity contribution < 1.29 is 23.1 Å². The zero-order chi connectivity index (χ0) is 21.4. The number of rotatable bonds is 11. The number of nitrogens with zero attached hydrogens (tertiary/aromatic N) is 2. The fraction of sp³-hybridized carbons (Fsp3) is 0.947. The van der Waals surface area contributed by atoms with E-state index in [1.165, 1.54) is 0 Å². The van der Waals surface area contributed by atoms with E-state index in [0.29, 0.717) is 6.61 Å². The lowest BCUT2D eigenvalue weighted by Crippen LogP contribution is -2.45. The fourth-order valence-electron chi connectivity index (χ4n) is 2.58. The van der Waals surface area contributed by atoms with E-state index in [-0.39, 0.29) is 11.9 Å². The van der Waals surface area contributed by atoms with Crippen LogP contribution in [0.4, 0.5) is 0 Å². The second-order valence-corrected chi connectivity index (χ2v) is 12.9. The number of ether oxygens (including phenoxy) is 1. The molecule has 28 heavy (non-hydrogen) atoms. The van der Waals surface area contributed by atoms with Crippen LogP contribution in [0.15, 0.2) is 0 Å². The van der Waals surface area contributed by atoms with Gasteiger partial charge in [0.05, 0.1) is 17.6 Å². The van der Waals surface area contributed by atoms with Crippen molar-refractivity contribution in [2.75, 3.05) is 52.3 Å². The Labute approximate surface area is 175 Å². The smallest absolute Gasteiger partial charge is 0.392 e. The van der Waals surface area contributed by atoms with E-state index in [4.69, 9.17) is 13.8 Å². The summed E-state index contributed by atoms with van der Waals surface area (Å²) in [6.07, 6.45) is 1.46. The summed E-state index contributed by atoms with van der Waals surface area (Å²) in [5.74, 6) is -0.333. The average molecular weight is 439 g/mol. The van der Waals surface area contributed by atoms with Crippen LogP contribution in [-0.2, 0) is 23.1 Å². The molecule has 0 aromatic heterocycles. The van der Waals surface area contributed by atoms with Crippen LogP contribution in [0.1, 0.15) is 54.4 Å². The van der Waals surface area contributed by atoms with E-state index in [0.717, 1.165) is 56.9 Å². The van der Waals surface area contributed by atoms with E-state index in [1.807, 2.05) is 41.5 Å². The number of carbonyl (C=O) groups is 1. The van der Waals surface area contributed by atoms with E-state index in [2.05, 4.69) is 16.8 Å². The molecule has 166 valence electrons. The van der Waals surface area contributed by atoms with Crippen LogP contribution < -0.4 is 0 Å². The van der Waals surface area contributed by atoms with Crippen molar-refractivity contribution in [3.63, 3.8) is 0 Å². The number of hydrogen-bond acceptors (Lipinski definition) is 8. The molecule has 1 unspecified atom stereocenters. The van der Waals surface area contributed by atoms with Crippen molar-refractivity contribution in [3.8, 4) is 0 Å². The molecule has 0 spiro atoms. The van der Waals surface area contributed by atoms with Crippen molar-refractivity contribution in [1.82, 2.24) is 9.80 Å². The highest BCUT2D eigenvalue weighted by molar-refractivity contribution is 8.55. The van der Waals surface area contributed by atoms with Gasteiger partial charge in [-0.3, -0.25) is 9.32 Å². The highest BCUT2D eigenvalue weighted by atomic mass is 32.7. The predicted molar refractivity (Wildman–Crippen MR) is 116 cm³/mol. The van der Waals surface area contributed by atoms with Gasteiger partial charge < -0.3 is 19.1 Å². The summed E-state index contributed by atoms with van der Waals surface area (Å²) in [6.45, 7) is 13.2. The molecule has 1 fully saturated rings. The summed E-state index contributed by atoms with van der Waals surface area (Å²) in [7, 11) is 2.13. The molecule has 0 aromatic rings. The van der Waals surface area contributed by atoms with E-state index >= 15 is 0 Å². The van der Waals surface area contributed by atoms with Gasteiger partial charge in [0.15, 0.2) is 0 Å². The normalized spacial score (nSPS) is 19.4. The minimum atomic E-state index is -3.38. The van der Waals surface area contributed by atoms with E-state index in [9.17, 15) is 9.36 Å². The van der Waals surface area contributed by atoms with Crippen LogP contribution in [0.2, 0.25) is 0 Å². The number of esters is 1. The number of hydrogen-bond donors (Lipinski definition) is 0. The summed E-state index contributed by atoms with van der Waals surface area (Å²) >= 11 is 0.934. The van der Waals surface area contributed by atoms with Gasteiger partial charge in [-0.1, -0.05) is 6.92 Å². The van der Waals surface area contributed by atoms with E-state index < -0.39 is 17.8 Å². The Morgan fingerprint density at radius 3 is 2.25 bits per heavy atom. The summed E-state index contributed by atoms with van der Waals surface area (Å²) in [5.41, 5.74) is -1.20. The molecule has 0 bridgehead atoms. The Morgan fingerprint density at radius 1 is 1.11 bits per heavy atom. The first-order chi connectivity index (χ1) is 12.9. The Kier molecular flexibility index (Phi) is 10.5. The Balaban J connectivity index is 2.47. The maximum absolute atomic E-state index is 12.9. The van der Waals surface area contributed by atoms with Crippen molar-refractivity contribution in [1.29, 1.82) is 0 Å². The van der Waals surface area contributed by atoms with Gasteiger partial charge in [-0.2, -0.15) is 0 Å². The maximum Gasteiger partial charge on any atom is 0.392 e. The molecule has 0 aromatic carbocycles. The van der Waals surface area contributed by atoms with Gasteiger partial charge in [-0.05, 0) is 61.1 Å². The van der Waals surface area contributed by atoms with E-state index in [1.54, 1.807) is 0 Å². The van der Waals surface area contributed by atoms with Crippen LogP contribution in [0.3, 0.4) is 0 Å². The first-order valence-corrected chi connectivity index (χ1v) is 13.2. The molecule has 1 rings (SSSR count). The van der Waals surface area contributed by atoms with Gasteiger partial charge in [0.2, 0.25) is 0 Å². The third-order valence-corrected chi connectivity index (χ3v) is 8.06. The highest BCUT2D eigenvalue weighted by Crippen LogP contribution is 2.62. The standard InChI is InChI=1S/C19H39N2O5PS/c1-8-15-25-27(23,26-18(2,3)4)28-16-24-17(22)19(5,6)9-10-21-13-11-20(7)12-14-21/h8-16H2,1-7H3. The van der Waals surface area contributed by atoms with Crippen LogP contribution in [-0.4, -0.2) is 73.7 Å². The molecular weight excluding hydrogens is 399 g/mol. The molecule has 1 heterocycles.